The molecule has 4 aromatic rings. The van der Waals surface area contributed by atoms with Gasteiger partial charge in [0, 0.05) is 54.2 Å². The molecule has 146 valence electrons. The third-order valence-electron chi connectivity index (χ3n) is 4.26. The molecule has 0 aliphatic heterocycles. The van der Waals surface area contributed by atoms with Crippen LogP contribution in [-0.4, -0.2) is 31.0 Å². The first-order valence-electron chi connectivity index (χ1n) is 9.28. The molecule has 8 heteroatoms. The van der Waals surface area contributed by atoms with Gasteiger partial charge in [-0.1, -0.05) is 17.7 Å². The normalized spacial score (nSPS) is 10.7. The Kier molecular flexibility index (Phi) is 5.97. The van der Waals surface area contributed by atoms with Crippen molar-refractivity contribution in [3.8, 4) is 11.3 Å². The average molecular weight is 406 g/mol. The molecule has 0 unspecified atom stereocenters. The maximum atomic E-state index is 6.05. The van der Waals surface area contributed by atoms with Crippen LogP contribution in [0.5, 0.6) is 0 Å². The number of hydrogen-bond donors (Lipinski definition) is 2. The van der Waals surface area contributed by atoms with Gasteiger partial charge >= 0.3 is 0 Å². The highest BCUT2D eigenvalue weighted by Crippen LogP contribution is 2.25. The van der Waals surface area contributed by atoms with Gasteiger partial charge in [-0.3, -0.25) is 0 Å². The molecule has 3 heterocycles. The molecule has 0 amide bonds. The molecule has 0 fully saturated rings. The van der Waals surface area contributed by atoms with Crippen LogP contribution < -0.4 is 10.6 Å². The summed E-state index contributed by atoms with van der Waals surface area (Å²) in [6.45, 7) is 1.69. The van der Waals surface area contributed by atoms with Gasteiger partial charge in [0.15, 0.2) is 0 Å². The summed E-state index contributed by atoms with van der Waals surface area (Å²) in [5.41, 5.74) is 2.54. The van der Waals surface area contributed by atoms with Crippen LogP contribution in [0.15, 0.2) is 73.6 Å². The standard InChI is InChI=1S/C21H20ClN7/c22-16-4-1-5-17(14-16)27-21-26-10-7-19(28-21)18-6-2-8-24-20(18)25-9-3-12-29-13-11-23-15-29/h1-2,4-8,10-11,13-15H,3,9,12H2,(H,24,25)(H,26,27,28). The van der Waals surface area contributed by atoms with Gasteiger partial charge in [-0.2, -0.15) is 0 Å². The lowest BCUT2D eigenvalue weighted by Gasteiger charge is -2.12. The number of nitrogens with one attached hydrogen (secondary N) is 2. The number of rotatable bonds is 8. The largest absolute Gasteiger partial charge is 0.369 e. The molecule has 0 aliphatic carbocycles. The molecule has 0 bridgehead atoms. The van der Waals surface area contributed by atoms with Crippen molar-refractivity contribution in [3.63, 3.8) is 0 Å². The van der Waals surface area contributed by atoms with Crippen molar-refractivity contribution in [1.29, 1.82) is 0 Å². The van der Waals surface area contributed by atoms with Crippen LogP contribution in [0.25, 0.3) is 11.3 Å². The van der Waals surface area contributed by atoms with E-state index < -0.39 is 0 Å². The van der Waals surface area contributed by atoms with Gasteiger partial charge in [0.25, 0.3) is 0 Å². The lowest BCUT2D eigenvalue weighted by molar-refractivity contribution is 0.660. The molecule has 0 atom stereocenters. The number of hydrogen-bond acceptors (Lipinski definition) is 6. The summed E-state index contributed by atoms with van der Waals surface area (Å²) in [4.78, 5) is 17.5. The van der Waals surface area contributed by atoms with Gasteiger partial charge in [-0.15, -0.1) is 0 Å². The van der Waals surface area contributed by atoms with Crippen molar-refractivity contribution in [1.82, 2.24) is 24.5 Å². The molecule has 0 radical (unpaired) electrons. The second kappa shape index (κ2) is 9.16. The Balaban J connectivity index is 1.46. The number of anilines is 3. The topological polar surface area (TPSA) is 80.5 Å². The molecule has 0 spiro atoms. The Morgan fingerprint density at radius 3 is 2.83 bits per heavy atom. The molecule has 2 N–H and O–H groups in total. The van der Waals surface area contributed by atoms with Gasteiger partial charge < -0.3 is 15.2 Å². The monoisotopic (exact) mass is 405 g/mol. The zero-order valence-corrected chi connectivity index (χ0v) is 16.4. The Hall–Kier alpha value is -3.45. The van der Waals surface area contributed by atoms with Crippen molar-refractivity contribution < 1.29 is 0 Å². The summed E-state index contributed by atoms with van der Waals surface area (Å²) in [5.74, 6) is 1.30. The summed E-state index contributed by atoms with van der Waals surface area (Å²) in [6.07, 6.45) is 10.0. The van der Waals surface area contributed by atoms with Crippen LogP contribution in [0.4, 0.5) is 17.5 Å². The second-order valence-electron chi connectivity index (χ2n) is 6.38. The quantitative estimate of drug-likeness (QED) is 0.416. The first-order valence-corrected chi connectivity index (χ1v) is 9.66. The van der Waals surface area contributed by atoms with Crippen molar-refractivity contribution >= 4 is 29.1 Å². The van der Waals surface area contributed by atoms with Crippen LogP contribution in [0, 0.1) is 0 Å². The Morgan fingerprint density at radius 1 is 1.00 bits per heavy atom. The summed E-state index contributed by atoms with van der Waals surface area (Å²) < 4.78 is 2.05. The lowest BCUT2D eigenvalue weighted by atomic mass is 10.2. The lowest BCUT2D eigenvalue weighted by Crippen LogP contribution is -2.08. The highest BCUT2D eigenvalue weighted by atomic mass is 35.5. The molecular weight excluding hydrogens is 386 g/mol. The number of imidazole rings is 1. The van der Waals surface area contributed by atoms with E-state index in [4.69, 9.17) is 11.6 Å². The SMILES string of the molecule is Clc1cccc(Nc2nccc(-c3cccnc3NCCCn3ccnc3)n2)c1. The third kappa shape index (κ3) is 5.08. The predicted octanol–water partition coefficient (Wildman–Crippen LogP) is 4.63. The minimum Gasteiger partial charge on any atom is -0.369 e. The van der Waals surface area contributed by atoms with Gasteiger partial charge in [0.1, 0.15) is 5.82 Å². The van der Waals surface area contributed by atoms with Crippen LogP contribution in [-0.2, 0) is 6.54 Å². The van der Waals surface area contributed by atoms with Gasteiger partial charge in [-0.05, 0) is 42.8 Å². The first-order chi connectivity index (χ1) is 14.3. The molecular formula is C21H20ClN7. The molecule has 29 heavy (non-hydrogen) atoms. The fourth-order valence-electron chi connectivity index (χ4n) is 2.90. The number of aryl methyl sites for hydroxylation is 1. The number of halogens is 1. The van der Waals surface area contributed by atoms with Crippen molar-refractivity contribution in [2.75, 3.05) is 17.2 Å². The molecule has 4 rings (SSSR count). The molecule has 3 aromatic heterocycles. The van der Waals surface area contributed by atoms with E-state index in [-0.39, 0.29) is 0 Å². The van der Waals surface area contributed by atoms with E-state index in [0.29, 0.717) is 11.0 Å². The van der Waals surface area contributed by atoms with E-state index in [1.54, 1.807) is 18.6 Å². The van der Waals surface area contributed by atoms with Gasteiger partial charge in [0.2, 0.25) is 5.95 Å². The molecule has 0 saturated carbocycles. The minimum absolute atomic E-state index is 0.500. The zero-order chi connectivity index (χ0) is 19.9. The fraction of sp³-hybridized carbons (Fsp3) is 0.143. The van der Waals surface area contributed by atoms with E-state index in [0.717, 1.165) is 42.3 Å². The van der Waals surface area contributed by atoms with Crippen LogP contribution >= 0.6 is 11.6 Å². The van der Waals surface area contributed by atoms with Gasteiger partial charge in [0.05, 0.1) is 12.0 Å². The van der Waals surface area contributed by atoms with Crippen molar-refractivity contribution in [2.45, 2.75) is 13.0 Å². The summed E-state index contributed by atoms with van der Waals surface area (Å²) in [5, 5.41) is 7.25. The fourth-order valence-corrected chi connectivity index (χ4v) is 3.09. The van der Waals surface area contributed by atoms with Crippen molar-refractivity contribution in [3.05, 3.63) is 78.6 Å². The molecule has 1 aromatic carbocycles. The Morgan fingerprint density at radius 2 is 1.97 bits per heavy atom. The number of benzene rings is 1. The number of pyridine rings is 1. The van der Waals surface area contributed by atoms with Crippen molar-refractivity contribution in [2.24, 2.45) is 0 Å². The maximum absolute atomic E-state index is 6.05. The number of aromatic nitrogens is 5. The van der Waals surface area contributed by atoms with Crippen LogP contribution in [0.3, 0.4) is 0 Å². The Labute approximate surface area is 173 Å². The second-order valence-corrected chi connectivity index (χ2v) is 6.82. The first kappa shape index (κ1) is 18.9. The zero-order valence-electron chi connectivity index (χ0n) is 15.7. The highest BCUT2D eigenvalue weighted by Gasteiger charge is 2.09. The predicted molar refractivity (Wildman–Crippen MR) is 115 cm³/mol. The molecule has 0 aliphatic rings. The summed E-state index contributed by atoms with van der Waals surface area (Å²) >= 11 is 6.05. The van der Waals surface area contributed by atoms with Crippen LogP contribution in [0.1, 0.15) is 6.42 Å². The maximum Gasteiger partial charge on any atom is 0.227 e. The Bertz CT molecular complexity index is 1070. The minimum atomic E-state index is 0.500. The molecule has 0 saturated heterocycles. The van der Waals surface area contributed by atoms with E-state index in [1.165, 1.54) is 0 Å². The third-order valence-corrected chi connectivity index (χ3v) is 4.50. The van der Waals surface area contributed by atoms with Gasteiger partial charge in [-0.25, -0.2) is 19.9 Å². The number of nitrogens with zero attached hydrogens (tertiary/aromatic N) is 5. The molecule has 7 nitrogen and oxygen atoms in total. The van der Waals surface area contributed by atoms with E-state index in [2.05, 4.69) is 35.1 Å². The smallest absolute Gasteiger partial charge is 0.227 e. The van der Waals surface area contributed by atoms with E-state index in [1.807, 2.05) is 55.0 Å². The van der Waals surface area contributed by atoms with E-state index in [9.17, 15) is 0 Å². The average Bonchev–Trinajstić information content (AvgIpc) is 3.25. The van der Waals surface area contributed by atoms with E-state index >= 15 is 0 Å². The highest BCUT2D eigenvalue weighted by molar-refractivity contribution is 6.30. The van der Waals surface area contributed by atoms with Crippen LogP contribution in [0.2, 0.25) is 5.02 Å². The summed E-state index contributed by atoms with van der Waals surface area (Å²) in [7, 11) is 0. The summed E-state index contributed by atoms with van der Waals surface area (Å²) in [6, 6.07) is 13.2.